The summed E-state index contributed by atoms with van der Waals surface area (Å²) in [5, 5.41) is 0. The van der Waals surface area contributed by atoms with Gasteiger partial charge in [-0.25, -0.2) is 0 Å². The van der Waals surface area contributed by atoms with E-state index in [1.54, 1.807) is 0 Å². The fraction of sp³-hybridized carbons (Fsp3) is 1.00. The maximum atomic E-state index is 6.40. The van der Waals surface area contributed by atoms with Crippen LogP contribution in [0.3, 0.4) is 0 Å². The molecular weight excluding hydrogens is 414 g/mol. The van der Waals surface area contributed by atoms with Crippen LogP contribution in [-0.2, 0) is 14.2 Å². The van der Waals surface area contributed by atoms with Crippen molar-refractivity contribution in [3.63, 3.8) is 0 Å². The largest absolute Gasteiger partial charge is 0.376 e. The fourth-order valence-electron chi connectivity index (χ4n) is 6.39. The van der Waals surface area contributed by atoms with Gasteiger partial charge in [0.05, 0.1) is 38.1 Å². The third-order valence-electron chi connectivity index (χ3n) is 8.20. The Balaban J connectivity index is 1.62. The molecule has 5 atom stereocenters. The van der Waals surface area contributed by atoms with Crippen molar-refractivity contribution in [3.8, 4) is 0 Å². The van der Waals surface area contributed by atoms with Gasteiger partial charge in [-0.3, -0.25) is 14.7 Å². The summed E-state index contributed by atoms with van der Waals surface area (Å²) < 4.78 is 18.5. The molecule has 3 aliphatic rings. The summed E-state index contributed by atoms with van der Waals surface area (Å²) in [4.78, 5) is 7.91. The molecule has 0 aliphatic carbocycles. The zero-order valence-electron chi connectivity index (χ0n) is 23.3. The number of hydrogen-bond donors (Lipinski definition) is 0. The number of rotatable bonds is 6. The molecular formula is C27H53N3O3. The first-order chi connectivity index (χ1) is 15.2. The van der Waals surface area contributed by atoms with E-state index in [-0.39, 0.29) is 28.8 Å². The zero-order valence-corrected chi connectivity index (χ0v) is 23.3. The van der Waals surface area contributed by atoms with E-state index in [9.17, 15) is 0 Å². The third kappa shape index (κ3) is 6.92. The van der Waals surface area contributed by atoms with Gasteiger partial charge in [0.2, 0.25) is 0 Å². The highest BCUT2D eigenvalue weighted by Gasteiger charge is 2.42. The molecule has 3 fully saturated rings. The Hall–Kier alpha value is -0.240. The van der Waals surface area contributed by atoms with Crippen molar-refractivity contribution >= 4 is 0 Å². The lowest BCUT2D eigenvalue weighted by molar-refractivity contribution is -0.138. The predicted molar refractivity (Wildman–Crippen MR) is 136 cm³/mol. The molecule has 3 aliphatic heterocycles. The lowest BCUT2D eigenvalue weighted by atomic mass is 9.87. The van der Waals surface area contributed by atoms with Crippen molar-refractivity contribution in [1.82, 2.24) is 14.7 Å². The first-order valence-corrected chi connectivity index (χ1v) is 13.3. The van der Waals surface area contributed by atoms with Crippen molar-refractivity contribution in [3.05, 3.63) is 0 Å². The van der Waals surface area contributed by atoms with E-state index in [1.165, 1.54) is 0 Å². The first kappa shape index (κ1) is 27.3. The molecule has 6 nitrogen and oxygen atoms in total. The summed E-state index contributed by atoms with van der Waals surface area (Å²) in [6, 6.07) is 0.894. The van der Waals surface area contributed by atoms with Crippen LogP contribution in [0.2, 0.25) is 0 Å². The smallest absolute Gasteiger partial charge is 0.0720 e. The Morgan fingerprint density at radius 3 is 1.73 bits per heavy atom. The summed E-state index contributed by atoms with van der Waals surface area (Å²) in [6.07, 6.45) is 2.94. The van der Waals surface area contributed by atoms with Crippen molar-refractivity contribution in [2.75, 3.05) is 46.0 Å². The molecule has 2 unspecified atom stereocenters. The molecule has 0 aromatic carbocycles. The van der Waals surface area contributed by atoms with E-state index >= 15 is 0 Å². The van der Waals surface area contributed by atoms with E-state index in [4.69, 9.17) is 14.2 Å². The van der Waals surface area contributed by atoms with Crippen LogP contribution in [0.5, 0.6) is 0 Å². The first-order valence-electron chi connectivity index (χ1n) is 13.3. The van der Waals surface area contributed by atoms with Crippen LogP contribution < -0.4 is 0 Å². The lowest BCUT2D eigenvalue weighted by Crippen LogP contribution is -2.62. The molecule has 0 spiro atoms. The maximum absolute atomic E-state index is 6.40. The minimum atomic E-state index is 0.0634. The van der Waals surface area contributed by atoms with Crippen molar-refractivity contribution in [2.45, 2.75) is 129 Å². The molecule has 33 heavy (non-hydrogen) atoms. The monoisotopic (exact) mass is 467 g/mol. The van der Waals surface area contributed by atoms with Gasteiger partial charge in [0, 0.05) is 54.9 Å². The van der Waals surface area contributed by atoms with Gasteiger partial charge >= 0.3 is 0 Å². The Morgan fingerprint density at radius 1 is 0.667 bits per heavy atom. The average molecular weight is 468 g/mol. The predicted octanol–water partition coefficient (Wildman–Crippen LogP) is 4.02. The highest BCUT2D eigenvalue weighted by molar-refractivity contribution is 4.96. The molecule has 0 aromatic heterocycles. The van der Waals surface area contributed by atoms with Crippen molar-refractivity contribution in [2.24, 2.45) is 0 Å². The van der Waals surface area contributed by atoms with E-state index in [1.807, 2.05) is 0 Å². The summed E-state index contributed by atoms with van der Waals surface area (Å²) in [6.45, 7) is 29.8. The lowest BCUT2D eigenvalue weighted by Gasteiger charge is -2.52. The number of morpholine rings is 3. The van der Waals surface area contributed by atoms with Crippen LogP contribution in [-0.4, -0.2) is 108 Å². The second-order valence-corrected chi connectivity index (χ2v) is 13.2. The normalized spacial score (nSPS) is 34.5. The second kappa shape index (κ2) is 10.4. The molecule has 0 aromatic rings. The van der Waals surface area contributed by atoms with Crippen LogP contribution in [0, 0.1) is 0 Å². The van der Waals surface area contributed by atoms with Crippen molar-refractivity contribution < 1.29 is 14.2 Å². The van der Waals surface area contributed by atoms with Crippen LogP contribution in [0.25, 0.3) is 0 Å². The Kier molecular flexibility index (Phi) is 8.62. The van der Waals surface area contributed by atoms with Crippen LogP contribution in [0.4, 0.5) is 0 Å². The zero-order chi connectivity index (χ0) is 24.6. The number of ether oxygens (including phenoxy) is 3. The van der Waals surface area contributed by atoms with Crippen LogP contribution in [0.15, 0.2) is 0 Å². The van der Waals surface area contributed by atoms with E-state index < -0.39 is 0 Å². The standard InChI is InChI=1S/C27H53N3O3/c1-20-18-32-24(16-29(20)25(4,5)6)14-27(9,10)30-17-23(33-19-21(30)2)13-26(7,8)28-11-12-31-22(3)15-28/h20-24H,11-19H2,1-10H3/t20-,21+,22+,23?,24?/m1/s1. The van der Waals surface area contributed by atoms with E-state index in [0.717, 1.165) is 58.8 Å². The SMILES string of the molecule is C[C@@H]1COC(CC(C)(C)N2CC(CC(C)(C)N3CCO[C@@H](C)C3)OC[C@@H]2C)CN1C(C)(C)C. The van der Waals surface area contributed by atoms with Gasteiger partial charge in [0.1, 0.15) is 0 Å². The summed E-state index contributed by atoms with van der Waals surface area (Å²) in [7, 11) is 0. The Bertz CT molecular complexity index is 633. The number of nitrogens with zero attached hydrogens (tertiary/aromatic N) is 3. The highest BCUT2D eigenvalue weighted by atomic mass is 16.5. The van der Waals surface area contributed by atoms with Gasteiger partial charge in [0.15, 0.2) is 0 Å². The Labute approximate surface area is 204 Å². The van der Waals surface area contributed by atoms with E-state index in [2.05, 4.69) is 83.9 Å². The quantitative estimate of drug-likeness (QED) is 0.587. The number of hydrogen-bond acceptors (Lipinski definition) is 6. The van der Waals surface area contributed by atoms with Gasteiger partial charge in [-0.2, -0.15) is 0 Å². The second-order valence-electron chi connectivity index (χ2n) is 13.2. The van der Waals surface area contributed by atoms with Gasteiger partial charge in [-0.05, 0) is 82.1 Å². The molecule has 3 rings (SSSR count). The Morgan fingerprint density at radius 2 is 1.18 bits per heavy atom. The van der Waals surface area contributed by atoms with Crippen LogP contribution in [0.1, 0.15) is 82.1 Å². The molecule has 0 radical (unpaired) electrons. The summed E-state index contributed by atoms with van der Waals surface area (Å²) >= 11 is 0. The third-order valence-corrected chi connectivity index (χ3v) is 8.20. The van der Waals surface area contributed by atoms with Gasteiger partial charge in [-0.15, -0.1) is 0 Å². The molecule has 3 heterocycles. The molecule has 194 valence electrons. The maximum Gasteiger partial charge on any atom is 0.0720 e. The van der Waals surface area contributed by atoms with Gasteiger partial charge in [-0.1, -0.05) is 0 Å². The molecule has 6 heteroatoms. The molecule has 0 amide bonds. The van der Waals surface area contributed by atoms with E-state index in [0.29, 0.717) is 18.2 Å². The minimum absolute atomic E-state index is 0.0634. The highest BCUT2D eigenvalue weighted by Crippen LogP contribution is 2.33. The van der Waals surface area contributed by atoms with Crippen LogP contribution >= 0.6 is 0 Å². The van der Waals surface area contributed by atoms with Gasteiger partial charge < -0.3 is 14.2 Å². The summed E-state index contributed by atoms with van der Waals surface area (Å²) in [5.41, 5.74) is 0.342. The minimum Gasteiger partial charge on any atom is -0.376 e. The van der Waals surface area contributed by atoms with Crippen molar-refractivity contribution in [1.29, 1.82) is 0 Å². The molecule has 3 saturated heterocycles. The average Bonchev–Trinajstić information content (AvgIpc) is 2.69. The topological polar surface area (TPSA) is 37.4 Å². The molecule has 0 N–H and O–H groups in total. The fourth-order valence-corrected chi connectivity index (χ4v) is 6.39. The summed E-state index contributed by atoms with van der Waals surface area (Å²) in [5.74, 6) is 0. The van der Waals surface area contributed by atoms with Gasteiger partial charge in [0.25, 0.3) is 0 Å². The molecule has 0 bridgehead atoms. The molecule has 0 saturated carbocycles.